The van der Waals surface area contributed by atoms with Crippen molar-refractivity contribution < 1.29 is 0 Å². The monoisotopic (exact) mass is 662 g/mol. The van der Waals surface area contributed by atoms with E-state index in [1.807, 2.05) is 28.7 Å². The molecule has 11 rings (SSSR count). The Hall–Kier alpha value is -6.97. The number of hydrogen-bond donors (Lipinski definition) is 0. The summed E-state index contributed by atoms with van der Waals surface area (Å²) in [5, 5.41) is 7.53. The van der Waals surface area contributed by atoms with Crippen molar-refractivity contribution in [3.05, 3.63) is 192 Å². The summed E-state index contributed by atoms with van der Waals surface area (Å²) in [5.74, 6) is 0. The highest BCUT2D eigenvalue weighted by Gasteiger charge is 2.21. The zero-order valence-corrected chi connectivity index (χ0v) is 28.1. The maximum Gasteiger partial charge on any atom is 0.263 e. The lowest BCUT2D eigenvalue weighted by Crippen LogP contribution is -2.12. The minimum Gasteiger partial charge on any atom is -0.309 e. The zero-order chi connectivity index (χ0) is 34.3. The number of hydrogen-bond acceptors (Lipinski definition) is 1. The SMILES string of the molecule is O=c1c2ccccc2c2ccc(-c3ccccc3)c3c4cc(-c5cccc(-c6ccc(-n7c8ccccc8c8ccccc87)cc6)c5)ccc4n1c23. The van der Waals surface area contributed by atoms with E-state index < -0.39 is 0 Å². The molecule has 0 saturated heterocycles. The molecule has 0 unspecified atom stereocenters. The summed E-state index contributed by atoms with van der Waals surface area (Å²) in [6.07, 6.45) is 0. The fourth-order valence-corrected chi connectivity index (χ4v) is 8.52. The van der Waals surface area contributed by atoms with Gasteiger partial charge in [-0.25, -0.2) is 0 Å². The van der Waals surface area contributed by atoms with Gasteiger partial charge in [-0.3, -0.25) is 9.20 Å². The van der Waals surface area contributed by atoms with Crippen LogP contribution in [0, 0.1) is 0 Å². The molecule has 3 nitrogen and oxygen atoms in total. The average Bonchev–Trinajstić information content (AvgIpc) is 3.74. The second kappa shape index (κ2) is 11.0. The van der Waals surface area contributed by atoms with Crippen molar-refractivity contribution >= 4 is 59.8 Å². The van der Waals surface area contributed by atoms with E-state index in [-0.39, 0.29) is 5.56 Å². The first-order valence-electron chi connectivity index (χ1n) is 17.7. The topological polar surface area (TPSA) is 26.4 Å². The van der Waals surface area contributed by atoms with Gasteiger partial charge >= 0.3 is 0 Å². The van der Waals surface area contributed by atoms with E-state index in [0.717, 1.165) is 77.0 Å². The van der Waals surface area contributed by atoms with Gasteiger partial charge in [0.05, 0.1) is 22.1 Å². The van der Waals surface area contributed by atoms with Gasteiger partial charge in [0, 0.05) is 38.0 Å². The van der Waals surface area contributed by atoms with E-state index in [9.17, 15) is 4.79 Å². The van der Waals surface area contributed by atoms with E-state index >= 15 is 0 Å². The molecule has 0 N–H and O–H groups in total. The summed E-state index contributed by atoms with van der Waals surface area (Å²) in [5.41, 5.74) is 12.3. The van der Waals surface area contributed by atoms with Gasteiger partial charge in [0.15, 0.2) is 0 Å². The van der Waals surface area contributed by atoms with Gasteiger partial charge in [0.2, 0.25) is 0 Å². The highest BCUT2D eigenvalue weighted by molar-refractivity contribution is 6.24. The molecule has 0 aliphatic heterocycles. The van der Waals surface area contributed by atoms with Crippen LogP contribution in [-0.2, 0) is 0 Å². The minimum absolute atomic E-state index is 0.0208. The summed E-state index contributed by atoms with van der Waals surface area (Å²) in [6.45, 7) is 0. The summed E-state index contributed by atoms with van der Waals surface area (Å²) >= 11 is 0. The predicted molar refractivity (Wildman–Crippen MR) is 218 cm³/mol. The normalized spacial score (nSPS) is 11.9. The van der Waals surface area contributed by atoms with E-state index in [0.29, 0.717) is 0 Å². The molecular weight excluding hydrogens is 633 g/mol. The van der Waals surface area contributed by atoms with Crippen LogP contribution in [0.3, 0.4) is 0 Å². The summed E-state index contributed by atoms with van der Waals surface area (Å²) in [6, 6.07) is 64.4. The van der Waals surface area contributed by atoms with Gasteiger partial charge in [0.25, 0.3) is 5.56 Å². The van der Waals surface area contributed by atoms with Crippen molar-refractivity contribution in [3.8, 4) is 39.1 Å². The fraction of sp³-hybridized carbons (Fsp3) is 0. The Labute approximate surface area is 299 Å². The molecule has 11 aromatic rings. The molecule has 3 aromatic heterocycles. The molecule has 0 atom stereocenters. The molecule has 52 heavy (non-hydrogen) atoms. The average molecular weight is 663 g/mol. The lowest BCUT2D eigenvalue weighted by Gasteiger charge is -2.11. The molecule has 8 aromatic carbocycles. The number of rotatable bonds is 4. The highest BCUT2D eigenvalue weighted by Crippen LogP contribution is 2.42. The smallest absolute Gasteiger partial charge is 0.263 e. The lowest BCUT2D eigenvalue weighted by molar-refractivity contribution is 1.18. The van der Waals surface area contributed by atoms with Gasteiger partial charge in [-0.05, 0) is 87.3 Å². The van der Waals surface area contributed by atoms with Crippen molar-refractivity contribution in [1.29, 1.82) is 0 Å². The zero-order valence-electron chi connectivity index (χ0n) is 28.1. The van der Waals surface area contributed by atoms with Crippen LogP contribution in [0.15, 0.2) is 187 Å². The van der Waals surface area contributed by atoms with Crippen molar-refractivity contribution in [1.82, 2.24) is 8.97 Å². The summed E-state index contributed by atoms with van der Waals surface area (Å²) in [7, 11) is 0. The molecule has 0 aliphatic rings. The van der Waals surface area contributed by atoms with Crippen LogP contribution in [0.25, 0.3) is 98.8 Å². The Morgan fingerprint density at radius 3 is 1.65 bits per heavy atom. The highest BCUT2D eigenvalue weighted by atomic mass is 16.1. The largest absolute Gasteiger partial charge is 0.309 e. The van der Waals surface area contributed by atoms with Gasteiger partial charge < -0.3 is 4.57 Å². The molecule has 3 heterocycles. The minimum atomic E-state index is 0.0208. The Morgan fingerprint density at radius 1 is 0.346 bits per heavy atom. The Kier molecular flexibility index (Phi) is 6.11. The third kappa shape index (κ3) is 4.11. The molecule has 0 radical (unpaired) electrons. The van der Waals surface area contributed by atoms with E-state index in [1.54, 1.807) is 0 Å². The second-order valence-corrected chi connectivity index (χ2v) is 13.7. The molecule has 0 fully saturated rings. The number of nitrogens with zero attached hydrogens (tertiary/aromatic N) is 2. The van der Waals surface area contributed by atoms with Crippen LogP contribution in [0.5, 0.6) is 0 Å². The molecule has 0 aliphatic carbocycles. The number of aromatic nitrogens is 2. The standard InChI is InChI=1S/C49H30N2O/c52-49-42-18-5-4-15-38(42)41-27-26-37(32-11-2-1-3-12-32)47-43-30-35(23-28-46(43)51(49)48(41)47)34-14-10-13-33(29-34)31-21-24-36(25-22-31)50-44-19-8-6-16-39(44)40-17-7-9-20-45(40)50/h1-30H. The van der Waals surface area contributed by atoms with Crippen LogP contribution in [-0.4, -0.2) is 8.97 Å². The fourth-order valence-electron chi connectivity index (χ4n) is 8.52. The molecule has 0 amide bonds. The third-order valence-electron chi connectivity index (χ3n) is 10.9. The van der Waals surface area contributed by atoms with Crippen molar-refractivity contribution in [2.75, 3.05) is 0 Å². The third-order valence-corrected chi connectivity index (χ3v) is 10.9. The Balaban J connectivity index is 1.07. The molecular formula is C49H30N2O. The van der Waals surface area contributed by atoms with Crippen molar-refractivity contribution in [2.24, 2.45) is 0 Å². The van der Waals surface area contributed by atoms with E-state index in [4.69, 9.17) is 0 Å². The first-order valence-corrected chi connectivity index (χ1v) is 17.7. The number of para-hydroxylation sites is 2. The number of pyridine rings is 1. The summed E-state index contributed by atoms with van der Waals surface area (Å²) in [4.78, 5) is 14.2. The van der Waals surface area contributed by atoms with Gasteiger partial charge in [-0.15, -0.1) is 0 Å². The second-order valence-electron chi connectivity index (χ2n) is 13.7. The van der Waals surface area contributed by atoms with E-state index in [2.05, 4.69) is 162 Å². The maximum absolute atomic E-state index is 14.2. The van der Waals surface area contributed by atoms with Gasteiger partial charge in [-0.1, -0.05) is 133 Å². The number of fused-ring (bicyclic) bond motifs is 8. The molecule has 3 heteroatoms. The Morgan fingerprint density at radius 2 is 0.923 bits per heavy atom. The Bertz CT molecular complexity index is 3190. The van der Waals surface area contributed by atoms with Gasteiger partial charge in [0.1, 0.15) is 0 Å². The van der Waals surface area contributed by atoms with Gasteiger partial charge in [-0.2, -0.15) is 0 Å². The number of benzene rings is 8. The first kappa shape index (κ1) is 28.8. The first-order chi connectivity index (χ1) is 25.7. The molecule has 0 saturated carbocycles. The lowest BCUT2D eigenvalue weighted by atomic mass is 9.94. The van der Waals surface area contributed by atoms with Crippen molar-refractivity contribution in [2.45, 2.75) is 0 Å². The molecule has 0 bridgehead atoms. The van der Waals surface area contributed by atoms with Crippen LogP contribution in [0.4, 0.5) is 0 Å². The van der Waals surface area contributed by atoms with Crippen LogP contribution < -0.4 is 5.56 Å². The predicted octanol–water partition coefficient (Wildman–Crippen LogP) is 12.3. The van der Waals surface area contributed by atoms with E-state index in [1.165, 1.54) is 21.8 Å². The summed E-state index contributed by atoms with van der Waals surface area (Å²) < 4.78 is 4.29. The molecule has 0 spiro atoms. The quantitative estimate of drug-likeness (QED) is 0.172. The van der Waals surface area contributed by atoms with Crippen LogP contribution in [0.2, 0.25) is 0 Å². The van der Waals surface area contributed by atoms with Crippen LogP contribution in [0.1, 0.15) is 0 Å². The molecule has 242 valence electrons. The maximum atomic E-state index is 14.2. The van der Waals surface area contributed by atoms with Crippen LogP contribution >= 0.6 is 0 Å². The van der Waals surface area contributed by atoms with Crippen molar-refractivity contribution in [3.63, 3.8) is 0 Å².